The van der Waals surface area contributed by atoms with Crippen LogP contribution in [0.3, 0.4) is 0 Å². The molecule has 1 N–H and O–H groups in total. The summed E-state index contributed by atoms with van der Waals surface area (Å²) in [5.74, 6) is -0.0236. The van der Waals surface area contributed by atoms with Gasteiger partial charge in [0.2, 0.25) is 0 Å². The topological polar surface area (TPSA) is 68.4 Å². The molecule has 2 aromatic carbocycles. The summed E-state index contributed by atoms with van der Waals surface area (Å²) in [6.07, 6.45) is 4.49. The fourth-order valence-electron chi connectivity index (χ4n) is 4.18. The normalized spacial score (nSPS) is 13.7. The first kappa shape index (κ1) is 21.3. The Hall–Kier alpha value is -3.55. The van der Waals surface area contributed by atoms with Crippen molar-refractivity contribution in [1.82, 2.24) is 10.1 Å². The SMILES string of the molecule is CCc1nc2c(F)ccc(O)c2c(OC(F)F)c1Cc1ccc(-c2cnoc2C2CC2)cc1. The van der Waals surface area contributed by atoms with Gasteiger partial charge in [0.05, 0.1) is 11.6 Å². The van der Waals surface area contributed by atoms with E-state index in [-0.39, 0.29) is 28.8 Å². The highest BCUT2D eigenvalue weighted by atomic mass is 19.3. The molecule has 0 amide bonds. The maximum atomic E-state index is 14.4. The van der Waals surface area contributed by atoms with Gasteiger partial charge in [-0.3, -0.25) is 0 Å². The lowest BCUT2D eigenvalue weighted by Crippen LogP contribution is -2.10. The molecule has 1 saturated carbocycles. The third kappa shape index (κ3) is 4.01. The summed E-state index contributed by atoms with van der Waals surface area (Å²) in [5.41, 5.74) is 3.37. The average molecular weight is 454 g/mol. The zero-order valence-electron chi connectivity index (χ0n) is 17.8. The summed E-state index contributed by atoms with van der Waals surface area (Å²) in [6.45, 7) is -1.34. The molecule has 0 atom stereocenters. The van der Waals surface area contributed by atoms with E-state index >= 15 is 0 Å². The van der Waals surface area contributed by atoms with Crippen LogP contribution in [0.5, 0.6) is 11.5 Å². The monoisotopic (exact) mass is 454 g/mol. The summed E-state index contributed by atoms with van der Waals surface area (Å²) in [6, 6.07) is 9.80. The highest BCUT2D eigenvalue weighted by molar-refractivity contribution is 5.92. The number of aromatic hydroxyl groups is 1. The van der Waals surface area contributed by atoms with E-state index in [1.807, 2.05) is 24.3 Å². The third-order valence-electron chi connectivity index (χ3n) is 5.94. The Morgan fingerprint density at radius 3 is 2.58 bits per heavy atom. The van der Waals surface area contributed by atoms with Crippen LogP contribution in [0, 0.1) is 5.82 Å². The zero-order chi connectivity index (χ0) is 23.1. The summed E-state index contributed by atoms with van der Waals surface area (Å²) >= 11 is 0. The molecule has 1 aliphatic rings. The molecule has 0 bridgehead atoms. The lowest BCUT2D eigenvalue weighted by atomic mass is 9.96. The number of aryl methyl sites for hydroxylation is 1. The lowest BCUT2D eigenvalue weighted by molar-refractivity contribution is -0.0494. The number of phenolic OH excluding ortho intramolecular Hbond substituents is 1. The lowest BCUT2D eigenvalue weighted by Gasteiger charge is -2.18. The minimum Gasteiger partial charge on any atom is -0.507 e. The van der Waals surface area contributed by atoms with Crippen molar-refractivity contribution >= 4 is 10.9 Å². The molecule has 1 aliphatic carbocycles. The number of aromatic nitrogens is 2. The molecule has 8 heteroatoms. The second kappa shape index (κ2) is 8.42. The minimum atomic E-state index is -3.14. The van der Waals surface area contributed by atoms with Crippen LogP contribution in [0.2, 0.25) is 0 Å². The van der Waals surface area contributed by atoms with Gasteiger partial charge in [-0.25, -0.2) is 9.37 Å². The fraction of sp³-hybridized carbons (Fsp3) is 0.280. The summed E-state index contributed by atoms with van der Waals surface area (Å²) < 4.78 is 51.3. The standard InChI is InChI=1S/C25H21F3N2O3/c1-2-19-16(24(32-25(27)28)21-20(31)10-9-18(26)22(21)30-19)11-13-3-5-14(6-4-13)17-12-29-33-23(17)15-7-8-15/h3-6,9-10,12,15,25,31H,2,7-8,11H2,1H3. The Bertz CT molecular complexity index is 1310. The van der Waals surface area contributed by atoms with E-state index in [1.54, 1.807) is 13.1 Å². The van der Waals surface area contributed by atoms with Crippen molar-refractivity contribution in [3.8, 4) is 22.6 Å². The van der Waals surface area contributed by atoms with Crippen molar-refractivity contribution in [2.75, 3.05) is 0 Å². The Kier molecular flexibility index (Phi) is 5.44. The van der Waals surface area contributed by atoms with Crippen molar-refractivity contribution in [2.24, 2.45) is 0 Å². The highest BCUT2D eigenvalue weighted by Crippen LogP contribution is 2.44. The molecule has 170 valence electrons. The van der Waals surface area contributed by atoms with Crippen LogP contribution < -0.4 is 4.74 Å². The van der Waals surface area contributed by atoms with Gasteiger partial charge in [-0.05, 0) is 42.5 Å². The van der Waals surface area contributed by atoms with Crippen LogP contribution in [-0.2, 0) is 12.8 Å². The molecule has 0 spiro atoms. The zero-order valence-corrected chi connectivity index (χ0v) is 17.8. The molecule has 0 saturated heterocycles. The van der Waals surface area contributed by atoms with Crippen LogP contribution >= 0.6 is 0 Å². The van der Waals surface area contributed by atoms with Crippen LogP contribution in [0.25, 0.3) is 22.0 Å². The second-order valence-corrected chi connectivity index (χ2v) is 8.14. The van der Waals surface area contributed by atoms with Crippen LogP contribution in [0.1, 0.15) is 48.3 Å². The largest absolute Gasteiger partial charge is 0.507 e. The summed E-state index contributed by atoms with van der Waals surface area (Å²) in [7, 11) is 0. The van der Waals surface area contributed by atoms with Crippen molar-refractivity contribution in [1.29, 1.82) is 0 Å². The van der Waals surface area contributed by atoms with E-state index in [0.29, 0.717) is 23.6 Å². The number of alkyl halides is 2. The van der Waals surface area contributed by atoms with Crippen LogP contribution in [-0.4, -0.2) is 21.9 Å². The number of phenols is 1. The van der Waals surface area contributed by atoms with Gasteiger partial charge in [-0.2, -0.15) is 8.78 Å². The van der Waals surface area contributed by atoms with Gasteiger partial charge in [0.1, 0.15) is 28.6 Å². The average Bonchev–Trinajstić information content (AvgIpc) is 3.53. The number of nitrogens with zero attached hydrogens (tertiary/aromatic N) is 2. The molecule has 1 fully saturated rings. The molecule has 4 aromatic rings. The number of ether oxygens (including phenoxy) is 1. The molecule has 0 radical (unpaired) electrons. The Labute approximate surface area is 187 Å². The first-order valence-electron chi connectivity index (χ1n) is 10.8. The first-order valence-corrected chi connectivity index (χ1v) is 10.8. The smallest absolute Gasteiger partial charge is 0.387 e. The molecule has 5 nitrogen and oxygen atoms in total. The van der Waals surface area contributed by atoms with E-state index < -0.39 is 12.4 Å². The Morgan fingerprint density at radius 2 is 1.91 bits per heavy atom. The van der Waals surface area contributed by atoms with E-state index in [4.69, 9.17) is 9.26 Å². The van der Waals surface area contributed by atoms with Crippen LogP contribution in [0.4, 0.5) is 13.2 Å². The molecular weight excluding hydrogens is 433 g/mol. The Balaban J connectivity index is 1.56. The number of hydrogen-bond acceptors (Lipinski definition) is 5. The van der Waals surface area contributed by atoms with Gasteiger partial charge in [-0.1, -0.05) is 36.3 Å². The van der Waals surface area contributed by atoms with Crippen molar-refractivity contribution < 1.29 is 27.5 Å². The van der Waals surface area contributed by atoms with E-state index in [1.165, 1.54) is 0 Å². The fourth-order valence-corrected chi connectivity index (χ4v) is 4.18. The molecule has 5 rings (SSSR count). The number of pyridine rings is 1. The first-order chi connectivity index (χ1) is 16.0. The third-order valence-corrected chi connectivity index (χ3v) is 5.94. The van der Waals surface area contributed by atoms with Crippen molar-refractivity contribution in [3.63, 3.8) is 0 Å². The molecule has 2 aromatic heterocycles. The minimum absolute atomic E-state index is 0.155. The van der Waals surface area contributed by atoms with Crippen molar-refractivity contribution in [3.05, 3.63) is 71.0 Å². The summed E-state index contributed by atoms with van der Waals surface area (Å²) in [5, 5.41) is 14.1. The van der Waals surface area contributed by atoms with Crippen molar-refractivity contribution in [2.45, 2.75) is 45.1 Å². The van der Waals surface area contributed by atoms with Gasteiger partial charge in [0, 0.05) is 29.2 Å². The number of halogens is 3. The second-order valence-electron chi connectivity index (χ2n) is 8.14. The van der Waals surface area contributed by atoms with Gasteiger partial charge in [0.25, 0.3) is 0 Å². The molecule has 0 unspecified atom stereocenters. The molecule has 2 heterocycles. The Morgan fingerprint density at radius 1 is 1.15 bits per heavy atom. The maximum absolute atomic E-state index is 14.4. The number of benzene rings is 2. The quantitative estimate of drug-likeness (QED) is 0.352. The predicted octanol–water partition coefficient (Wildman–Crippen LogP) is 6.37. The number of fused-ring (bicyclic) bond motifs is 1. The molecule has 0 aliphatic heterocycles. The molecular formula is C25H21F3N2O3. The maximum Gasteiger partial charge on any atom is 0.387 e. The molecule has 33 heavy (non-hydrogen) atoms. The van der Waals surface area contributed by atoms with Gasteiger partial charge in [-0.15, -0.1) is 0 Å². The van der Waals surface area contributed by atoms with E-state index in [9.17, 15) is 18.3 Å². The number of hydrogen-bond donors (Lipinski definition) is 1. The van der Waals surface area contributed by atoms with Gasteiger partial charge < -0.3 is 14.4 Å². The van der Waals surface area contributed by atoms with E-state index in [0.717, 1.165) is 47.4 Å². The number of rotatable bonds is 7. The van der Waals surface area contributed by atoms with E-state index in [2.05, 4.69) is 10.1 Å². The van der Waals surface area contributed by atoms with Gasteiger partial charge >= 0.3 is 6.61 Å². The van der Waals surface area contributed by atoms with Gasteiger partial charge in [0.15, 0.2) is 0 Å². The van der Waals surface area contributed by atoms with Crippen LogP contribution in [0.15, 0.2) is 47.1 Å². The highest BCUT2D eigenvalue weighted by Gasteiger charge is 2.30. The predicted molar refractivity (Wildman–Crippen MR) is 116 cm³/mol. The summed E-state index contributed by atoms with van der Waals surface area (Å²) in [4.78, 5) is 4.33.